The quantitative estimate of drug-likeness (QED) is 0.927. The highest BCUT2D eigenvalue weighted by molar-refractivity contribution is 5.41. The van der Waals surface area contributed by atoms with E-state index in [0.717, 1.165) is 31.1 Å². The molecule has 3 heterocycles. The highest BCUT2D eigenvalue weighted by atomic mass is 16.5. The number of nitrogens with zero attached hydrogens (tertiary/aromatic N) is 4. The van der Waals surface area contributed by atoms with Crippen molar-refractivity contribution in [1.29, 1.82) is 5.26 Å². The zero-order chi connectivity index (χ0) is 16.1. The van der Waals surface area contributed by atoms with E-state index in [1.807, 2.05) is 24.3 Å². The van der Waals surface area contributed by atoms with Gasteiger partial charge in [0, 0.05) is 37.9 Å². The average Bonchev–Trinajstić information content (AvgIpc) is 2.61. The third-order valence-corrected chi connectivity index (χ3v) is 3.72. The zero-order valence-electron chi connectivity index (χ0n) is 13.1. The van der Waals surface area contributed by atoms with Crippen LogP contribution in [0.25, 0.3) is 0 Å². The molecule has 23 heavy (non-hydrogen) atoms. The number of hydrogen-bond donors (Lipinski definition) is 1. The smallest absolute Gasteiger partial charge is 0.215 e. The summed E-state index contributed by atoms with van der Waals surface area (Å²) >= 11 is 0. The maximum Gasteiger partial charge on any atom is 0.215 e. The van der Waals surface area contributed by atoms with Gasteiger partial charge in [-0.15, -0.1) is 0 Å². The van der Waals surface area contributed by atoms with Gasteiger partial charge in [0.1, 0.15) is 18.5 Å². The Kier molecular flexibility index (Phi) is 4.69. The molecule has 1 saturated heterocycles. The van der Waals surface area contributed by atoms with Gasteiger partial charge >= 0.3 is 0 Å². The Morgan fingerprint density at radius 2 is 2.30 bits per heavy atom. The summed E-state index contributed by atoms with van der Waals surface area (Å²) in [5.41, 5.74) is 1.31. The minimum Gasteiger partial charge on any atom is -0.471 e. The average molecular weight is 309 g/mol. The highest BCUT2D eigenvalue weighted by Gasteiger charge is 2.17. The van der Waals surface area contributed by atoms with Gasteiger partial charge < -0.3 is 15.0 Å². The van der Waals surface area contributed by atoms with Gasteiger partial charge in [-0.3, -0.25) is 4.98 Å². The van der Waals surface area contributed by atoms with Crippen LogP contribution in [0, 0.1) is 11.3 Å². The van der Waals surface area contributed by atoms with Gasteiger partial charge in [0.05, 0.1) is 11.3 Å². The molecule has 1 aliphatic heterocycles. The van der Waals surface area contributed by atoms with E-state index in [0.29, 0.717) is 24.1 Å². The third kappa shape index (κ3) is 3.96. The molecule has 0 spiro atoms. The molecule has 0 aliphatic carbocycles. The van der Waals surface area contributed by atoms with Crippen LogP contribution < -0.4 is 15.0 Å². The first-order valence-electron chi connectivity index (χ1n) is 7.68. The molecule has 0 amide bonds. The normalized spacial score (nSPS) is 17.6. The van der Waals surface area contributed by atoms with Gasteiger partial charge in [-0.25, -0.2) is 0 Å². The van der Waals surface area contributed by atoms with Crippen LogP contribution in [-0.4, -0.2) is 35.6 Å². The number of aromatic nitrogens is 2. The Labute approximate surface area is 135 Å². The van der Waals surface area contributed by atoms with Gasteiger partial charge in [0.25, 0.3) is 0 Å². The van der Waals surface area contributed by atoms with Gasteiger partial charge in [-0.2, -0.15) is 10.2 Å². The molecule has 2 aromatic rings. The van der Waals surface area contributed by atoms with Crippen molar-refractivity contribution in [3.8, 4) is 11.9 Å². The molecule has 2 aromatic heterocycles. The highest BCUT2D eigenvalue weighted by Crippen LogP contribution is 2.18. The minimum atomic E-state index is 0.333. The van der Waals surface area contributed by atoms with Crippen molar-refractivity contribution in [2.24, 2.45) is 0 Å². The lowest BCUT2D eigenvalue weighted by molar-refractivity contribution is 0.289. The van der Waals surface area contributed by atoms with Crippen LogP contribution in [0.5, 0.6) is 5.88 Å². The number of anilines is 1. The van der Waals surface area contributed by atoms with E-state index in [4.69, 9.17) is 10.00 Å². The van der Waals surface area contributed by atoms with E-state index < -0.39 is 0 Å². The molecule has 1 aliphatic rings. The molecule has 1 fully saturated rings. The fourth-order valence-electron chi connectivity index (χ4n) is 2.52. The number of hydrogen-bond acceptors (Lipinski definition) is 6. The Balaban J connectivity index is 1.64. The molecular weight excluding hydrogens is 290 g/mol. The second-order valence-corrected chi connectivity index (χ2v) is 5.57. The fourth-order valence-corrected chi connectivity index (χ4v) is 2.52. The van der Waals surface area contributed by atoms with E-state index in [2.05, 4.69) is 27.1 Å². The van der Waals surface area contributed by atoms with E-state index >= 15 is 0 Å². The number of rotatable bonds is 4. The maximum absolute atomic E-state index is 8.77. The Morgan fingerprint density at radius 1 is 1.39 bits per heavy atom. The Bertz CT molecular complexity index is 695. The summed E-state index contributed by atoms with van der Waals surface area (Å²) in [6, 6.07) is 11.8. The lowest BCUT2D eigenvalue weighted by Gasteiger charge is -2.32. The van der Waals surface area contributed by atoms with E-state index in [1.54, 1.807) is 18.3 Å². The lowest BCUT2D eigenvalue weighted by atomic mass is 10.2. The van der Waals surface area contributed by atoms with Crippen LogP contribution >= 0.6 is 0 Å². The van der Waals surface area contributed by atoms with Gasteiger partial charge in [0.15, 0.2) is 0 Å². The van der Waals surface area contributed by atoms with Crippen molar-refractivity contribution in [1.82, 2.24) is 15.3 Å². The molecule has 6 heteroatoms. The first-order valence-corrected chi connectivity index (χ1v) is 7.68. The third-order valence-electron chi connectivity index (χ3n) is 3.72. The Morgan fingerprint density at radius 3 is 3.04 bits per heavy atom. The molecular formula is C17H19N5O. The monoisotopic (exact) mass is 309 g/mol. The summed E-state index contributed by atoms with van der Waals surface area (Å²) in [5.74, 6) is 1.52. The molecule has 1 N–H and O–H groups in total. The number of piperazine rings is 1. The van der Waals surface area contributed by atoms with Gasteiger partial charge in [-0.1, -0.05) is 6.07 Å². The minimum absolute atomic E-state index is 0.333. The summed E-state index contributed by atoms with van der Waals surface area (Å²) in [6.07, 6.45) is 1.55. The summed E-state index contributed by atoms with van der Waals surface area (Å²) < 4.78 is 5.73. The van der Waals surface area contributed by atoms with Crippen LogP contribution in [0.15, 0.2) is 36.5 Å². The van der Waals surface area contributed by atoms with Crippen LogP contribution in [-0.2, 0) is 6.61 Å². The van der Waals surface area contributed by atoms with Gasteiger partial charge in [-0.05, 0) is 25.1 Å². The largest absolute Gasteiger partial charge is 0.471 e. The van der Waals surface area contributed by atoms with Crippen molar-refractivity contribution in [3.63, 3.8) is 0 Å². The maximum atomic E-state index is 8.77. The molecule has 1 atom stereocenters. The van der Waals surface area contributed by atoms with Crippen molar-refractivity contribution in [2.75, 3.05) is 24.5 Å². The number of ether oxygens (including phenoxy) is 1. The number of pyridine rings is 2. The lowest BCUT2D eigenvalue weighted by Crippen LogP contribution is -2.49. The molecule has 6 nitrogen and oxygen atoms in total. The molecule has 3 rings (SSSR count). The molecule has 0 saturated carbocycles. The fraction of sp³-hybridized carbons (Fsp3) is 0.353. The van der Waals surface area contributed by atoms with Crippen LogP contribution in [0.4, 0.5) is 5.82 Å². The van der Waals surface area contributed by atoms with Crippen LogP contribution in [0.3, 0.4) is 0 Å². The first-order chi connectivity index (χ1) is 11.2. The van der Waals surface area contributed by atoms with Crippen molar-refractivity contribution in [2.45, 2.75) is 19.6 Å². The Hall–Kier alpha value is -2.65. The summed E-state index contributed by atoms with van der Waals surface area (Å²) in [4.78, 5) is 11.0. The zero-order valence-corrected chi connectivity index (χ0v) is 13.1. The summed E-state index contributed by atoms with van der Waals surface area (Å²) in [6.45, 7) is 5.35. The van der Waals surface area contributed by atoms with Crippen LogP contribution in [0.1, 0.15) is 18.2 Å². The summed E-state index contributed by atoms with van der Waals surface area (Å²) in [7, 11) is 0. The molecule has 0 aromatic carbocycles. The second-order valence-electron chi connectivity index (χ2n) is 5.57. The number of nitriles is 1. The van der Waals surface area contributed by atoms with E-state index in [1.165, 1.54) is 0 Å². The number of nitrogens with one attached hydrogen (secondary N) is 1. The predicted molar refractivity (Wildman–Crippen MR) is 87.2 cm³/mol. The van der Waals surface area contributed by atoms with E-state index in [9.17, 15) is 0 Å². The van der Waals surface area contributed by atoms with Crippen molar-refractivity contribution < 1.29 is 4.74 Å². The molecule has 118 valence electrons. The standard InChI is InChI=1S/C17H19N5O/c1-13-11-22(8-7-19-13)16-3-2-4-17(21-16)23-12-15-6-5-14(9-18)10-20-15/h2-6,10,13,19H,7-8,11-12H2,1H3. The van der Waals surface area contributed by atoms with Crippen LogP contribution in [0.2, 0.25) is 0 Å². The SMILES string of the molecule is CC1CN(c2cccc(OCc3ccc(C#N)cn3)n2)CCN1. The molecule has 0 bridgehead atoms. The summed E-state index contributed by atoms with van der Waals surface area (Å²) in [5, 5.41) is 12.2. The van der Waals surface area contributed by atoms with Gasteiger partial charge in [0.2, 0.25) is 5.88 Å². The second kappa shape index (κ2) is 7.07. The van der Waals surface area contributed by atoms with Crippen molar-refractivity contribution in [3.05, 3.63) is 47.8 Å². The molecule has 1 unspecified atom stereocenters. The molecule has 0 radical (unpaired) electrons. The topological polar surface area (TPSA) is 74.1 Å². The first kappa shape index (κ1) is 15.3. The van der Waals surface area contributed by atoms with E-state index in [-0.39, 0.29) is 0 Å². The van der Waals surface area contributed by atoms with Crippen molar-refractivity contribution >= 4 is 5.82 Å². The predicted octanol–water partition coefficient (Wildman–Crippen LogP) is 1.73.